The third-order valence-corrected chi connectivity index (χ3v) is 11.7. The molecule has 0 aliphatic carbocycles. The van der Waals surface area contributed by atoms with E-state index in [4.69, 9.17) is 0 Å². The predicted molar refractivity (Wildman–Crippen MR) is 263 cm³/mol. The molecule has 1 aromatic heterocycles. The Morgan fingerprint density at radius 3 is 1.45 bits per heavy atom. The average molecular weight is 795 g/mol. The first-order chi connectivity index (χ1) is 32.4. The highest BCUT2D eigenvalue weighted by Crippen LogP contribution is 2.44. The van der Waals surface area contributed by atoms with Crippen LogP contribution in [0, 0.1) is 0 Å². The zero-order chi connectivity index (χ0) is 44.7. The molecule has 0 atom stereocenters. The van der Waals surface area contributed by atoms with Crippen LogP contribution < -0.4 is 4.90 Å². The molecule has 11 rings (SSSR count). The van der Waals surface area contributed by atoms with Crippen LogP contribution in [0.3, 0.4) is 0 Å². The van der Waals surface area contributed by atoms with Gasteiger partial charge in [0.05, 0.1) is 22.2 Å². The van der Waals surface area contributed by atoms with Gasteiger partial charge in [-0.15, -0.1) is 0 Å². The molecule has 0 unspecified atom stereocenters. The zero-order valence-electron chi connectivity index (χ0n) is 37.8. The normalized spacial score (nSPS) is 12.1. The van der Waals surface area contributed by atoms with Gasteiger partial charge in [-0.2, -0.15) is 0 Å². The van der Waals surface area contributed by atoms with Gasteiger partial charge in [0.1, 0.15) is 0 Å². The van der Waals surface area contributed by atoms with E-state index in [-0.39, 0.29) is 35.4 Å². The number of hydrogen-bond donors (Lipinski definition) is 0. The molecular formula is C60H42N2. The Bertz CT molecular complexity index is 3520. The Kier molecular flexibility index (Phi) is 8.47. The van der Waals surface area contributed by atoms with Gasteiger partial charge >= 0.3 is 0 Å². The Labute approximate surface area is 368 Å². The van der Waals surface area contributed by atoms with Crippen LogP contribution in [0.15, 0.2) is 255 Å². The number of hydrogen-bond acceptors (Lipinski definition) is 1. The topological polar surface area (TPSA) is 8.17 Å². The van der Waals surface area contributed by atoms with Crippen molar-refractivity contribution in [2.24, 2.45) is 0 Å². The molecular weight excluding hydrogens is 749 g/mol. The third-order valence-electron chi connectivity index (χ3n) is 11.7. The molecule has 0 aliphatic rings. The minimum absolute atomic E-state index is 0.113. The highest BCUT2D eigenvalue weighted by molar-refractivity contribution is 6.10. The van der Waals surface area contributed by atoms with Crippen molar-refractivity contribution in [2.75, 3.05) is 4.90 Å². The van der Waals surface area contributed by atoms with E-state index in [0.29, 0.717) is 11.3 Å². The van der Waals surface area contributed by atoms with Crippen molar-refractivity contribution in [3.05, 3.63) is 255 Å². The highest BCUT2D eigenvalue weighted by atomic mass is 15.1. The molecule has 0 aliphatic heterocycles. The summed E-state index contributed by atoms with van der Waals surface area (Å²) in [6.45, 7) is 0. The van der Waals surface area contributed by atoms with Crippen molar-refractivity contribution in [3.8, 4) is 61.3 Å². The zero-order valence-corrected chi connectivity index (χ0v) is 33.8. The summed E-state index contributed by atoms with van der Waals surface area (Å²) < 4.78 is 41.4. The van der Waals surface area contributed by atoms with E-state index in [1.807, 2.05) is 138 Å². The van der Waals surface area contributed by atoms with Crippen molar-refractivity contribution in [1.29, 1.82) is 0 Å². The van der Waals surface area contributed by atoms with Crippen molar-refractivity contribution >= 4 is 38.9 Å². The van der Waals surface area contributed by atoms with Crippen molar-refractivity contribution in [1.82, 2.24) is 4.57 Å². The van der Waals surface area contributed by atoms with Crippen LogP contribution in [0.5, 0.6) is 0 Å². The standard InChI is InChI=1S/C60H42N2/c1-5-16-43(17-6-1)46-28-34-52(35-29-46)61(59-38-32-50(45-20-9-3-10-21-45)41-56(59)48-22-11-4-12-23-48)53-36-30-47(31-37-53)51-33-39-60-57(42-51)55-26-13-14-27-58(55)62(60)54-25-15-24-49(40-54)44-18-7-2-8-19-44/h1-42H/i30D,31D,36D,37D. The fraction of sp³-hybridized carbons (Fsp3) is 0. The molecule has 0 saturated heterocycles. The largest absolute Gasteiger partial charge is 0.310 e. The van der Waals surface area contributed by atoms with E-state index in [1.165, 1.54) is 0 Å². The Morgan fingerprint density at radius 1 is 0.306 bits per heavy atom. The summed E-state index contributed by atoms with van der Waals surface area (Å²) in [6, 6.07) is 77.6. The first kappa shape index (κ1) is 32.6. The summed E-state index contributed by atoms with van der Waals surface area (Å²) in [5.41, 5.74) is 13.8. The monoisotopic (exact) mass is 794 g/mol. The van der Waals surface area contributed by atoms with E-state index >= 15 is 0 Å². The van der Waals surface area contributed by atoms with Gasteiger partial charge in [-0.1, -0.05) is 188 Å². The van der Waals surface area contributed by atoms with Gasteiger partial charge < -0.3 is 9.47 Å². The first-order valence-corrected chi connectivity index (χ1v) is 20.9. The summed E-state index contributed by atoms with van der Waals surface area (Å²) in [6.07, 6.45) is 0. The lowest BCUT2D eigenvalue weighted by atomic mass is 9.96. The fourth-order valence-corrected chi connectivity index (χ4v) is 8.64. The van der Waals surface area contributed by atoms with E-state index in [2.05, 4.69) is 102 Å². The van der Waals surface area contributed by atoms with Gasteiger partial charge in [0.25, 0.3) is 0 Å². The molecule has 1 heterocycles. The summed E-state index contributed by atoms with van der Waals surface area (Å²) in [4.78, 5) is 1.90. The first-order valence-electron chi connectivity index (χ1n) is 22.9. The van der Waals surface area contributed by atoms with E-state index in [0.717, 1.165) is 77.7 Å². The van der Waals surface area contributed by atoms with Gasteiger partial charge in [-0.05, 0) is 117 Å². The molecule has 2 heteroatoms. The molecule has 11 aromatic rings. The van der Waals surface area contributed by atoms with E-state index in [1.54, 1.807) is 0 Å². The summed E-state index contributed by atoms with van der Waals surface area (Å²) in [5.74, 6) is 0. The smallest absolute Gasteiger partial charge is 0.0645 e. The maximum atomic E-state index is 9.85. The molecule has 10 aromatic carbocycles. The molecule has 62 heavy (non-hydrogen) atoms. The molecule has 0 N–H and O–H groups in total. The SMILES string of the molecule is [2H]c1c([2H])c(N(c2ccc(-c3ccccc3)cc2)c2ccc(-c3ccccc3)cc2-c2ccccc2)c([2H])c([2H])c1-c1ccc2c(c1)c1ccccc1n2-c1cccc(-c2ccccc2)c1. The second kappa shape index (κ2) is 16.1. The minimum Gasteiger partial charge on any atom is -0.310 e. The van der Waals surface area contributed by atoms with Crippen molar-refractivity contribution in [2.45, 2.75) is 0 Å². The Balaban J connectivity index is 1.09. The average Bonchev–Trinajstić information content (AvgIpc) is 3.72. The lowest BCUT2D eigenvalue weighted by Crippen LogP contribution is -2.11. The van der Waals surface area contributed by atoms with Crippen LogP contribution in [0.4, 0.5) is 17.1 Å². The number of nitrogens with zero attached hydrogens (tertiary/aromatic N) is 2. The fourth-order valence-electron chi connectivity index (χ4n) is 8.64. The van der Waals surface area contributed by atoms with Crippen LogP contribution in [0.2, 0.25) is 0 Å². The number of rotatable bonds is 9. The molecule has 292 valence electrons. The van der Waals surface area contributed by atoms with Crippen LogP contribution >= 0.6 is 0 Å². The third kappa shape index (κ3) is 6.94. The quantitative estimate of drug-likeness (QED) is 0.141. The maximum Gasteiger partial charge on any atom is 0.0645 e. The van der Waals surface area contributed by atoms with Gasteiger partial charge in [-0.25, -0.2) is 0 Å². The van der Waals surface area contributed by atoms with Gasteiger partial charge in [0, 0.05) is 33.4 Å². The Hall–Kier alpha value is -8.20. The van der Waals surface area contributed by atoms with Crippen LogP contribution in [0.1, 0.15) is 5.48 Å². The van der Waals surface area contributed by atoms with E-state index in [9.17, 15) is 5.48 Å². The Morgan fingerprint density at radius 2 is 0.790 bits per heavy atom. The highest BCUT2D eigenvalue weighted by Gasteiger charge is 2.20. The summed E-state index contributed by atoms with van der Waals surface area (Å²) in [7, 11) is 0. The molecule has 0 amide bonds. The van der Waals surface area contributed by atoms with Gasteiger partial charge in [-0.3, -0.25) is 0 Å². The lowest BCUT2D eigenvalue weighted by molar-refractivity contribution is 1.18. The number of benzene rings is 10. The molecule has 0 fully saturated rings. The molecule has 2 nitrogen and oxygen atoms in total. The second-order valence-electron chi connectivity index (χ2n) is 15.4. The molecule has 0 spiro atoms. The number of anilines is 3. The second-order valence-corrected chi connectivity index (χ2v) is 15.4. The van der Waals surface area contributed by atoms with Crippen LogP contribution in [-0.2, 0) is 0 Å². The minimum atomic E-state index is -0.135. The number of aromatic nitrogens is 1. The number of para-hydroxylation sites is 1. The van der Waals surface area contributed by atoms with Crippen LogP contribution in [0.25, 0.3) is 83.1 Å². The molecule has 0 bridgehead atoms. The van der Waals surface area contributed by atoms with Crippen molar-refractivity contribution in [3.63, 3.8) is 0 Å². The van der Waals surface area contributed by atoms with Gasteiger partial charge in [0.15, 0.2) is 0 Å². The van der Waals surface area contributed by atoms with Gasteiger partial charge in [0.2, 0.25) is 0 Å². The van der Waals surface area contributed by atoms with Crippen LogP contribution in [-0.4, -0.2) is 4.57 Å². The summed E-state index contributed by atoms with van der Waals surface area (Å²) in [5, 5.41) is 1.99. The molecule has 0 radical (unpaired) electrons. The molecule has 0 saturated carbocycles. The maximum absolute atomic E-state index is 9.85. The summed E-state index contributed by atoms with van der Waals surface area (Å²) >= 11 is 0. The number of fused-ring (bicyclic) bond motifs is 3. The van der Waals surface area contributed by atoms with Crippen molar-refractivity contribution < 1.29 is 5.48 Å². The lowest BCUT2D eigenvalue weighted by Gasteiger charge is -2.29. The predicted octanol–water partition coefficient (Wildman–Crippen LogP) is 16.6. The van der Waals surface area contributed by atoms with E-state index < -0.39 is 0 Å².